The number of benzodiazepines with no additional fused rings is 3. The topological polar surface area (TPSA) is 112 Å². The maximum Gasteiger partial charge on any atom is 0.247 e. The van der Waals surface area contributed by atoms with Crippen LogP contribution in [0.5, 0.6) is 11.5 Å². The molecule has 0 saturated carbocycles. The van der Waals surface area contributed by atoms with Crippen molar-refractivity contribution in [1.82, 2.24) is 0 Å². The molecule has 4 aliphatic heterocycles. The Balaban J connectivity index is 0.000000181. The van der Waals surface area contributed by atoms with E-state index in [1.54, 1.807) is 50.2 Å². The summed E-state index contributed by atoms with van der Waals surface area (Å²) in [6.07, 6.45) is 0. The number of carbonyl (C=O) groups excluding carboxylic acids is 2. The normalized spacial score (nSPS) is 13.3. The average Bonchev–Trinajstić information content (AvgIpc) is 3.37. The van der Waals surface area contributed by atoms with Crippen LogP contribution in [0.3, 0.4) is 0 Å². The van der Waals surface area contributed by atoms with Gasteiger partial charge in [-0.05, 0) is 80.0 Å². The predicted molar refractivity (Wildman–Crippen MR) is 326 cm³/mol. The maximum absolute atomic E-state index is 13.0. The largest absolute Gasteiger partial charge is 0.540 e. The zero-order valence-corrected chi connectivity index (χ0v) is 57.1. The van der Waals surface area contributed by atoms with Gasteiger partial charge in [-0.2, -0.15) is 0 Å². The number of para-hydroxylation sites is 3. The minimum atomic E-state index is -0.343. The Morgan fingerprint density at radius 1 is 0.407 bits per heavy atom. The van der Waals surface area contributed by atoms with Crippen molar-refractivity contribution in [1.29, 1.82) is 0 Å². The standard InChI is InChI=1S/C21H16NO.C17H15N2O2.C16H12FN2O.C16H15N2.4Ir/c1-23-17-12-10-15(11-13-17)21-20-9-5-4-8-19(20)18-7-3-2-6-16(18)14-22-21;1-19-15-6-4-3-5-14(15)17(18-11-16(19)20)12-7-9-13(21-2)10-8-12;1-19-14-5-3-2-4-13(14)16(18-10-15(19)20)11-6-8-12(17)9-7-11;1-18-12-11-17-16(13-7-3-2-4-8-13)14-9-5-6-10-15(14)18;;;;/h2-10,12-13H,14H2,1H3;3-7,9-10H,11H2,1-2H3;2-6,8-9H,10H2,1H3;2-7,9-10H,11-12H2,1H3;;;;/q4*-1;;;;. The molecule has 86 heavy (non-hydrogen) atoms. The Kier molecular flexibility index (Phi) is 25.4. The number of halogens is 1. The van der Waals surface area contributed by atoms with Gasteiger partial charge < -0.3 is 44.1 Å². The van der Waals surface area contributed by atoms with Gasteiger partial charge in [0.05, 0.1) is 20.8 Å². The van der Waals surface area contributed by atoms with E-state index in [9.17, 15) is 14.0 Å². The van der Waals surface area contributed by atoms with Crippen molar-refractivity contribution in [3.05, 3.63) is 280 Å². The summed E-state index contributed by atoms with van der Waals surface area (Å²) in [7, 11) is 8.91. The van der Waals surface area contributed by atoms with Crippen molar-refractivity contribution in [3.8, 4) is 22.6 Å². The molecule has 0 spiro atoms. The van der Waals surface area contributed by atoms with E-state index in [0.29, 0.717) is 17.8 Å². The molecule has 0 atom stereocenters. The molecule has 4 aliphatic rings. The fourth-order valence-electron chi connectivity index (χ4n) is 9.88. The number of hydrogen-bond donors (Lipinski definition) is 0. The van der Waals surface area contributed by atoms with Gasteiger partial charge in [-0.25, -0.2) is 0 Å². The molecular formula is C70H58FIr4N7O4-4. The third-order valence-electron chi connectivity index (χ3n) is 14.3. The van der Waals surface area contributed by atoms with Gasteiger partial charge in [0.15, 0.2) is 0 Å². The second kappa shape index (κ2) is 32.3. The number of rotatable bonds is 6. The van der Waals surface area contributed by atoms with Gasteiger partial charge in [0.1, 0.15) is 13.1 Å². The maximum atomic E-state index is 13.0. The van der Waals surface area contributed by atoms with E-state index in [-0.39, 0.29) is 111 Å². The quantitative estimate of drug-likeness (QED) is 0.154. The van der Waals surface area contributed by atoms with Gasteiger partial charge in [0, 0.05) is 149 Å². The number of amides is 2. The SMILES string of the molecule is CN1C(=O)CN=C(c2[c-]cc(F)cc2)c2ccccc21.CN1CCN=C(c2[c-]cccc2)c2ccccc21.COc1c[c-]c(C2=NCC(=O)N(C)c3ccccc32)cc1.COc1c[c-]c(C2=NCc3ccccc3-c3ccccc32)cc1.[Ir].[Ir].[Ir].[Ir]. The van der Waals surface area contributed by atoms with Gasteiger partial charge in [-0.15, -0.1) is 125 Å². The molecule has 2 amide bonds. The molecule has 11 nitrogen and oxygen atoms in total. The number of ether oxygens (including phenoxy) is 2. The number of aliphatic imine (C=N–C) groups is 4. The Morgan fingerprint density at radius 2 is 0.814 bits per heavy atom. The van der Waals surface area contributed by atoms with Gasteiger partial charge >= 0.3 is 0 Å². The number of fused-ring (bicyclic) bond motifs is 6. The van der Waals surface area contributed by atoms with Crippen molar-refractivity contribution in [3.63, 3.8) is 0 Å². The van der Waals surface area contributed by atoms with Crippen LogP contribution in [0, 0.1) is 30.1 Å². The van der Waals surface area contributed by atoms with E-state index in [2.05, 4.69) is 125 Å². The molecule has 13 rings (SSSR count). The predicted octanol–water partition coefficient (Wildman–Crippen LogP) is 12.0. The second-order valence-corrected chi connectivity index (χ2v) is 19.3. The molecule has 0 bridgehead atoms. The summed E-state index contributed by atoms with van der Waals surface area (Å²) in [5, 5.41) is 0. The summed E-state index contributed by atoms with van der Waals surface area (Å²) in [5.41, 5.74) is 17.9. The summed E-state index contributed by atoms with van der Waals surface area (Å²) < 4.78 is 23.4. The van der Waals surface area contributed by atoms with E-state index in [4.69, 9.17) is 19.5 Å². The first-order valence-corrected chi connectivity index (χ1v) is 26.7. The number of benzene rings is 9. The number of carbonyl (C=O) groups is 2. The van der Waals surface area contributed by atoms with Crippen LogP contribution < -0.4 is 24.2 Å². The first-order chi connectivity index (χ1) is 40.1. The van der Waals surface area contributed by atoms with Crippen LogP contribution in [0.15, 0.2) is 220 Å². The summed E-state index contributed by atoms with van der Waals surface area (Å²) in [6.45, 7) is 2.67. The minimum Gasteiger partial charge on any atom is -0.540 e. The zero-order valence-electron chi connectivity index (χ0n) is 47.6. The van der Waals surface area contributed by atoms with Crippen LogP contribution in [0.2, 0.25) is 0 Å². The van der Waals surface area contributed by atoms with Gasteiger partial charge in [-0.3, -0.25) is 14.0 Å². The third-order valence-corrected chi connectivity index (χ3v) is 14.3. The van der Waals surface area contributed by atoms with Crippen molar-refractivity contribution >= 4 is 51.7 Å². The fraction of sp³-hybridized carbons (Fsp3) is 0.143. The molecule has 0 N–H and O–H groups in total. The number of likely N-dealkylation sites (N-methyl/N-ethyl adjacent to an activating group) is 3. The molecule has 16 heteroatoms. The Morgan fingerprint density at radius 3 is 1.30 bits per heavy atom. The van der Waals surface area contributed by atoms with E-state index in [1.807, 2.05) is 97.1 Å². The van der Waals surface area contributed by atoms with Crippen LogP contribution in [-0.4, -0.2) is 96.2 Å². The molecule has 444 valence electrons. The fourth-order valence-corrected chi connectivity index (χ4v) is 9.88. The first kappa shape index (κ1) is 67.7. The Bertz CT molecular complexity index is 3880. The Hall–Kier alpha value is -7.47. The van der Waals surface area contributed by atoms with Crippen LogP contribution in [-0.2, 0) is 96.6 Å². The van der Waals surface area contributed by atoms with Gasteiger partial charge in [0.2, 0.25) is 11.8 Å². The van der Waals surface area contributed by atoms with E-state index in [1.165, 1.54) is 40.1 Å². The van der Waals surface area contributed by atoms with Crippen LogP contribution in [0.4, 0.5) is 21.5 Å². The zero-order chi connectivity index (χ0) is 57.0. The summed E-state index contributed by atoms with van der Waals surface area (Å²) in [6, 6.07) is 76.9. The van der Waals surface area contributed by atoms with Crippen molar-refractivity contribution in [2.75, 3.05) is 76.2 Å². The van der Waals surface area contributed by atoms with Crippen LogP contribution in [0.25, 0.3) is 11.1 Å². The number of methoxy groups -OCH3 is 2. The van der Waals surface area contributed by atoms with Gasteiger partial charge in [0.25, 0.3) is 0 Å². The Labute approximate surface area is 556 Å². The second-order valence-electron chi connectivity index (χ2n) is 19.3. The molecule has 9 aromatic rings. The molecule has 0 saturated heterocycles. The third kappa shape index (κ3) is 15.7. The molecule has 9 aromatic carbocycles. The number of hydrogen-bond acceptors (Lipinski definition) is 9. The summed E-state index contributed by atoms with van der Waals surface area (Å²) in [4.78, 5) is 47.9. The van der Waals surface area contributed by atoms with Gasteiger partial charge in [-0.1, -0.05) is 103 Å². The van der Waals surface area contributed by atoms with Crippen molar-refractivity contribution in [2.45, 2.75) is 6.54 Å². The number of anilines is 3. The smallest absolute Gasteiger partial charge is 0.247 e. The summed E-state index contributed by atoms with van der Waals surface area (Å²) >= 11 is 0. The monoisotopic (exact) mass is 1850 g/mol. The minimum absolute atomic E-state index is 0. The molecule has 0 unspecified atom stereocenters. The van der Waals surface area contributed by atoms with E-state index >= 15 is 0 Å². The van der Waals surface area contributed by atoms with Crippen LogP contribution in [0.1, 0.15) is 50.1 Å². The van der Waals surface area contributed by atoms with E-state index in [0.717, 1.165) is 86.5 Å². The molecule has 0 aromatic heterocycles. The van der Waals surface area contributed by atoms with Crippen molar-refractivity contribution < 1.29 is 104 Å². The molecule has 0 aliphatic carbocycles. The molecule has 4 heterocycles. The van der Waals surface area contributed by atoms with Crippen molar-refractivity contribution in [2.24, 2.45) is 20.0 Å². The van der Waals surface area contributed by atoms with Crippen LogP contribution >= 0.6 is 0 Å². The van der Waals surface area contributed by atoms with E-state index < -0.39 is 0 Å². The molecular weight excluding hydrogens is 1790 g/mol. The molecule has 4 radical (unpaired) electrons. The number of nitrogens with zero attached hydrogens (tertiary/aromatic N) is 7. The molecule has 0 fully saturated rings. The summed E-state index contributed by atoms with van der Waals surface area (Å²) in [5.74, 6) is 1.11. The average molecular weight is 1850 g/mol. The first-order valence-electron chi connectivity index (χ1n) is 26.7.